The number of halogens is 2. The molecule has 2 rings (SSSR count). The van der Waals surface area contributed by atoms with E-state index in [0.717, 1.165) is 37.1 Å². The Morgan fingerprint density at radius 1 is 1.24 bits per heavy atom. The second-order valence-corrected chi connectivity index (χ2v) is 5.44. The van der Waals surface area contributed by atoms with Gasteiger partial charge in [0, 0.05) is 10.6 Å². The summed E-state index contributed by atoms with van der Waals surface area (Å²) < 4.78 is 5.33. The Labute approximate surface area is 118 Å². The van der Waals surface area contributed by atoms with Crippen LogP contribution in [0.2, 0.25) is 5.02 Å². The van der Waals surface area contributed by atoms with E-state index in [0.29, 0.717) is 0 Å². The number of benzene rings is 1. The van der Waals surface area contributed by atoms with Gasteiger partial charge in [-0.2, -0.15) is 0 Å². The molecule has 1 aliphatic rings. The van der Waals surface area contributed by atoms with Crippen LogP contribution in [0, 0.1) is 0 Å². The quantitative estimate of drug-likeness (QED) is 0.669. The van der Waals surface area contributed by atoms with Gasteiger partial charge in [0.2, 0.25) is 0 Å². The Balaban J connectivity index is 0.00000144. The summed E-state index contributed by atoms with van der Waals surface area (Å²) in [6, 6.07) is 8.04. The molecule has 2 nitrogen and oxygen atoms in total. The molecule has 0 spiro atoms. The fraction of sp³-hybridized carbons (Fsp3) is 0.500. The van der Waals surface area contributed by atoms with Crippen LogP contribution in [0.3, 0.4) is 0 Å². The van der Waals surface area contributed by atoms with E-state index in [1.807, 2.05) is 30.0 Å². The van der Waals surface area contributed by atoms with Gasteiger partial charge in [-0.25, -0.2) is 0 Å². The average molecular weight is 294 g/mol. The maximum absolute atomic E-state index is 6.10. The fourth-order valence-electron chi connectivity index (χ4n) is 1.78. The van der Waals surface area contributed by atoms with Crippen molar-refractivity contribution in [1.82, 2.24) is 0 Å². The lowest BCUT2D eigenvalue weighted by molar-refractivity contribution is -0.905. The highest BCUT2D eigenvalue weighted by atomic mass is 35.5. The third kappa shape index (κ3) is 5.06. The monoisotopic (exact) mass is 293 g/mol. The van der Waals surface area contributed by atoms with Crippen molar-refractivity contribution in [2.24, 2.45) is 0 Å². The molecule has 0 atom stereocenters. The van der Waals surface area contributed by atoms with E-state index >= 15 is 0 Å². The van der Waals surface area contributed by atoms with Gasteiger partial charge in [-0.1, -0.05) is 23.7 Å². The molecule has 1 aliphatic heterocycles. The third-order valence-electron chi connectivity index (χ3n) is 2.75. The van der Waals surface area contributed by atoms with E-state index in [2.05, 4.69) is 6.07 Å². The summed E-state index contributed by atoms with van der Waals surface area (Å²) in [5.41, 5.74) is 0. The molecule has 0 aromatic heterocycles. The van der Waals surface area contributed by atoms with Crippen molar-refractivity contribution in [3.8, 4) is 0 Å². The Bertz CT molecular complexity index is 332. The summed E-state index contributed by atoms with van der Waals surface area (Å²) in [6.45, 7) is 5.30. The molecule has 17 heavy (non-hydrogen) atoms. The number of hydrogen-bond donors (Lipinski definition) is 1. The minimum Gasteiger partial charge on any atom is -1.00 e. The zero-order valence-electron chi connectivity index (χ0n) is 9.62. The lowest BCUT2D eigenvalue weighted by Crippen LogP contribution is -3.14. The first-order chi connectivity index (χ1) is 7.86. The first kappa shape index (κ1) is 15.1. The number of quaternary nitrogens is 1. The Kier molecular flexibility index (Phi) is 7.32. The highest BCUT2D eigenvalue weighted by Gasteiger charge is 2.13. The van der Waals surface area contributed by atoms with Crippen molar-refractivity contribution in [3.63, 3.8) is 0 Å². The van der Waals surface area contributed by atoms with Gasteiger partial charge in [0.1, 0.15) is 13.1 Å². The highest BCUT2D eigenvalue weighted by Crippen LogP contribution is 2.25. The largest absolute Gasteiger partial charge is 1.00 e. The summed E-state index contributed by atoms with van der Waals surface area (Å²) in [6.07, 6.45) is 0. The van der Waals surface area contributed by atoms with Crippen LogP contribution in [-0.4, -0.2) is 38.6 Å². The van der Waals surface area contributed by atoms with E-state index in [-0.39, 0.29) is 12.4 Å². The molecule has 96 valence electrons. The van der Waals surface area contributed by atoms with Gasteiger partial charge >= 0.3 is 0 Å². The van der Waals surface area contributed by atoms with Crippen molar-refractivity contribution < 1.29 is 22.0 Å². The molecule has 0 saturated carbocycles. The predicted octanol–water partition coefficient (Wildman–Crippen LogP) is -1.65. The number of thioether (sulfide) groups is 1. The van der Waals surface area contributed by atoms with Gasteiger partial charge in [0.15, 0.2) is 0 Å². The first-order valence-corrected chi connectivity index (χ1v) is 7.01. The number of ether oxygens (including phenoxy) is 1. The number of hydrogen-bond acceptors (Lipinski definition) is 2. The molecule has 5 heteroatoms. The van der Waals surface area contributed by atoms with Crippen molar-refractivity contribution in [2.75, 3.05) is 38.6 Å². The maximum Gasteiger partial charge on any atom is 0.101 e. The van der Waals surface area contributed by atoms with Crippen LogP contribution >= 0.6 is 23.4 Å². The van der Waals surface area contributed by atoms with E-state index in [4.69, 9.17) is 16.3 Å². The predicted molar refractivity (Wildman–Crippen MR) is 68.6 cm³/mol. The standard InChI is InChI=1S/C12H16ClNOS.ClH/c13-11-3-1-2-4-12(11)16-10-7-14-5-8-15-9-6-14;/h1-4H,5-10H2;1H. The minimum atomic E-state index is 0. The summed E-state index contributed by atoms with van der Waals surface area (Å²) in [5.74, 6) is 1.12. The molecule has 1 fully saturated rings. The smallest absolute Gasteiger partial charge is 0.101 e. The van der Waals surface area contributed by atoms with Crippen LogP contribution < -0.4 is 17.3 Å². The van der Waals surface area contributed by atoms with E-state index in [9.17, 15) is 0 Å². The highest BCUT2D eigenvalue weighted by molar-refractivity contribution is 7.99. The SMILES string of the molecule is Clc1ccccc1SCC[NH+]1CCOCC1.[Cl-]. The first-order valence-electron chi connectivity index (χ1n) is 5.65. The lowest BCUT2D eigenvalue weighted by atomic mass is 10.4. The Hall–Kier alpha value is 0.0700. The van der Waals surface area contributed by atoms with Gasteiger partial charge in [-0.05, 0) is 12.1 Å². The van der Waals surface area contributed by atoms with E-state index in [1.165, 1.54) is 11.4 Å². The van der Waals surface area contributed by atoms with Crippen molar-refractivity contribution in [1.29, 1.82) is 0 Å². The molecule has 0 bridgehead atoms. The Morgan fingerprint density at radius 3 is 2.65 bits per heavy atom. The van der Waals surface area contributed by atoms with Gasteiger partial charge in [0.05, 0.1) is 24.8 Å². The maximum atomic E-state index is 6.10. The molecule has 1 heterocycles. The molecule has 0 aliphatic carbocycles. The van der Waals surface area contributed by atoms with Crippen LogP contribution in [0.4, 0.5) is 0 Å². The van der Waals surface area contributed by atoms with Crippen LogP contribution in [0.5, 0.6) is 0 Å². The lowest BCUT2D eigenvalue weighted by Gasteiger charge is -2.23. The summed E-state index contributed by atoms with van der Waals surface area (Å²) >= 11 is 7.95. The van der Waals surface area contributed by atoms with Crippen molar-refractivity contribution in [2.45, 2.75) is 4.90 Å². The summed E-state index contributed by atoms with van der Waals surface area (Å²) in [7, 11) is 0. The van der Waals surface area contributed by atoms with Gasteiger partial charge in [0.25, 0.3) is 0 Å². The van der Waals surface area contributed by atoms with Gasteiger partial charge in [-0.15, -0.1) is 11.8 Å². The molecular formula is C12H17Cl2NOS. The van der Waals surface area contributed by atoms with Crippen LogP contribution in [0.25, 0.3) is 0 Å². The molecule has 1 aromatic rings. The number of nitrogens with one attached hydrogen (secondary N) is 1. The average Bonchev–Trinajstić information content (AvgIpc) is 2.33. The van der Waals surface area contributed by atoms with Crippen molar-refractivity contribution in [3.05, 3.63) is 29.3 Å². The third-order valence-corrected chi connectivity index (χ3v) is 4.27. The second kappa shape index (κ2) is 8.22. The van der Waals surface area contributed by atoms with Crippen LogP contribution in [0.1, 0.15) is 0 Å². The molecule has 1 N–H and O–H groups in total. The van der Waals surface area contributed by atoms with E-state index < -0.39 is 0 Å². The summed E-state index contributed by atoms with van der Waals surface area (Å²) in [4.78, 5) is 2.84. The topological polar surface area (TPSA) is 13.7 Å². The zero-order chi connectivity index (χ0) is 11.2. The molecule has 0 amide bonds. The minimum absolute atomic E-state index is 0. The van der Waals surface area contributed by atoms with Crippen LogP contribution in [-0.2, 0) is 4.74 Å². The molecule has 0 unspecified atom stereocenters. The molecule has 1 aromatic carbocycles. The summed E-state index contributed by atoms with van der Waals surface area (Å²) in [5, 5.41) is 0.865. The zero-order valence-corrected chi connectivity index (χ0v) is 12.0. The molecule has 0 radical (unpaired) electrons. The Morgan fingerprint density at radius 2 is 1.94 bits per heavy atom. The fourth-order valence-corrected chi connectivity index (χ4v) is 3.07. The molecule has 1 saturated heterocycles. The van der Waals surface area contributed by atoms with Crippen LogP contribution in [0.15, 0.2) is 29.2 Å². The van der Waals surface area contributed by atoms with Gasteiger partial charge < -0.3 is 22.0 Å². The normalized spacial score (nSPS) is 16.5. The second-order valence-electron chi connectivity index (χ2n) is 3.89. The number of morpholine rings is 1. The van der Waals surface area contributed by atoms with Gasteiger partial charge in [-0.3, -0.25) is 0 Å². The number of rotatable bonds is 4. The van der Waals surface area contributed by atoms with Crippen molar-refractivity contribution >= 4 is 23.4 Å². The van der Waals surface area contributed by atoms with E-state index in [1.54, 1.807) is 4.90 Å². The molecular weight excluding hydrogens is 277 g/mol.